The van der Waals surface area contributed by atoms with Crippen molar-refractivity contribution in [3.63, 3.8) is 0 Å². The molecule has 0 aromatic heterocycles. The van der Waals surface area contributed by atoms with E-state index in [9.17, 15) is 0 Å². The smallest absolute Gasteiger partial charge is 0.0726 e. The Balaban J connectivity index is -0.0000000186. The Morgan fingerprint density at radius 1 is 0.194 bits per heavy atom. The van der Waals surface area contributed by atoms with Crippen LogP contribution in [0.4, 0.5) is 0 Å². The molecular weight excluding hydrogens is 852 g/mol. The predicted octanol–water partition coefficient (Wildman–Crippen LogP) is -20.4. The van der Waals surface area contributed by atoms with Gasteiger partial charge in [0.15, 0.2) is 0 Å². The van der Waals surface area contributed by atoms with Crippen LogP contribution < -0.4 is 134 Å². The molecule has 0 rings (SSSR count). The largest absolute Gasteiger partial charge is 1.00 e. The second kappa shape index (κ2) is 119. The van der Waals surface area contributed by atoms with E-state index in [4.69, 9.17) is 0 Å². The summed E-state index contributed by atoms with van der Waals surface area (Å²) in [6.45, 7) is 40.5. The van der Waals surface area contributed by atoms with Crippen molar-refractivity contribution in [3.8, 4) is 0 Å². The standard InChI is InChI=1S/6C4H11N.6BrH/c6*1-3-5-4-2;;;;;;/h6*5H,3-4H2,1-2H3;6*1H. The summed E-state index contributed by atoms with van der Waals surface area (Å²) in [7, 11) is 0. The molecule has 0 aromatic rings. The van der Waals surface area contributed by atoms with E-state index in [2.05, 4.69) is 115 Å². The molecule has 0 unspecified atom stereocenters. The molecule has 0 heterocycles. The highest BCUT2D eigenvalue weighted by molar-refractivity contribution is 3.98. The van der Waals surface area contributed by atoms with Gasteiger partial charge in [0.1, 0.15) is 0 Å². The Bertz CT molecular complexity index is 137. The van der Waals surface area contributed by atoms with Gasteiger partial charge in [-0.2, -0.15) is 0 Å². The van der Waals surface area contributed by atoms with E-state index < -0.39 is 0 Å². The second-order valence-corrected chi connectivity index (χ2v) is 6.63. The maximum absolute atomic E-state index is 2.25. The first kappa shape index (κ1) is 77.1. The molecule has 0 saturated carbocycles. The van der Waals surface area contributed by atoms with Gasteiger partial charge in [-0.1, -0.05) is 0 Å². The fourth-order valence-corrected chi connectivity index (χ4v) is 1.73. The molecule has 0 fully saturated rings. The summed E-state index contributed by atoms with van der Waals surface area (Å²) >= 11 is 0. The minimum atomic E-state index is 0. The summed E-state index contributed by atoms with van der Waals surface area (Å²) < 4.78 is 0. The van der Waals surface area contributed by atoms with Gasteiger partial charge in [-0.05, 0) is 83.1 Å². The normalized spacial score (nSPS) is 7.00. The van der Waals surface area contributed by atoms with Gasteiger partial charge in [0.25, 0.3) is 0 Å². The molecule has 0 saturated heterocycles. The Kier molecular flexibility index (Phi) is 254. The van der Waals surface area contributed by atoms with Crippen LogP contribution in [0.25, 0.3) is 0 Å². The van der Waals surface area contributed by atoms with E-state index in [1.807, 2.05) is 0 Å². The third kappa shape index (κ3) is 217. The first-order chi connectivity index (χ1) is 14.5. The predicted molar refractivity (Wildman–Crippen MR) is 138 cm³/mol. The molecule has 0 aromatic carbocycles. The van der Waals surface area contributed by atoms with Crippen molar-refractivity contribution in [3.05, 3.63) is 0 Å². The molecule has 0 atom stereocenters. The molecule has 0 spiro atoms. The Morgan fingerprint density at radius 3 is 0.250 bits per heavy atom. The molecule has 0 radical (unpaired) electrons. The molecule has 12 N–H and O–H groups in total. The van der Waals surface area contributed by atoms with Crippen LogP contribution in [0.5, 0.6) is 0 Å². The minimum absolute atomic E-state index is 0. The average molecular weight is 924 g/mol. The second-order valence-electron chi connectivity index (χ2n) is 6.63. The Morgan fingerprint density at radius 2 is 0.250 bits per heavy atom. The van der Waals surface area contributed by atoms with Gasteiger partial charge in [0.05, 0.1) is 78.5 Å². The maximum atomic E-state index is 2.25. The SMILES string of the molecule is CC[NH2+]CC.CC[NH2+]CC.CC[NH2+]CC.CC[NH2+]CC.CC[NH2+]CC.CC[NH2+]CC.[Br-].[Br-].[Br-].[Br-].[Br-].[Br-]. The summed E-state index contributed by atoms with van der Waals surface area (Å²) in [6.07, 6.45) is 0. The Labute approximate surface area is 293 Å². The van der Waals surface area contributed by atoms with Crippen LogP contribution in [0, 0.1) is 0 Å². The molecule has 0 aliphatic carbocycles. The number of hydrogen-bond donors (Lipinski definition) is 6. The highest BCUT2D eigenvalue weighted by Crippen LogP contribution is 1.31. The van der Waals surface area contributed by atoms with Gasteiger partial charge in [-0.15, -0.1) is 0 Å². The minimum Gasteiger partial charge on any atom is -1.00 e. The number of quaternary nitrogens is 6. The van der Waals surface area contributed by atoms with Crippen molar-refractivity contribution < 1.29 is 134 Å². The zero-order valence-corrected chi connectivity index (χ0v) is 35.7. The van der Waals surface area contributed by atoms with Crippen molar-refractivity contribution >= 4 is 0 Å². The molecule has 0 bridgehead atoms. The van der Waals surface area contributed by atoms with Crippen molar-refractivity contribution in [2.24, 2.45) is 0 Å². The Hall–Kier alpha value is 2.64. The summed E-state index contributed by atoms with van der Waals surface area (Å²) in [5.74, 6) is 0. The van der Waals surface area contributed by atoms with E-state index >= 15 is 0 Å². The quantitative estimate of drug-likeness (QED) is 0.112. The molecule has 6 nitrogen and oxygen atoms in total. The highest BCUT2D eigenvalue weighted by Gasteiger charge is 1.69. The molecule has 12 heteroatoms. The van der Waals surface area contributed by atoms with Crippen LogP contribution in [-0.4, -0.2) is 78.5 Å². The van der Waals surface area contributed by atoms with E-state index in [-0.39, 0.29) is 102 Å². The van der Waals surface area contributed by atoms with Gasteiger partial charge in [0, 0.05) is 0 Å². The summed E-state index contributed by atoms with van der Waals surface area (Å²) in [5, 5.41) is 13.5. The fourth-order valence-electron chi connectivity index (χ4n) is 1.73. The third-order valence-electron chi connectivity index (χ3n) is 3.46. The van der Waals surface area contributed by atoms with Crippen molar-refractivity contribution in [1.82, 2.24) is 0 Å². The summed E-state index contributed by atoms with van der Waals surface area (Å²) in [4.78, 5) is 0. The van der Waals surface area contributed by atoms with Crippen LogP contribution in [0.3, 0.4) is 0 Å². The first-order valence-electron chi connectivity index (χ1n) is 13.4. The molecule has 0 aliphatic heterocycles. The molecule has 240 valence electrons. The number of halogens is 6. The lowest BCUT2D eigenvalue weighted by atomic mass is 10.7. The summed E-state index contributed by atoms with van der Waals surface area (Å²) in [6, 6.07) is 0. The lowest BCUT2D eigenvalue weighted by Crippen LogP contribution is -3.00. The maximum Gasteiger partial charge on any atom is 0.0726 e. The van der Waals surface area contributed by atoms with Crippen LogP contribution in [0.15, 0.2) is 0 Å². The fraction of sp³-hybridized carbons (Fsp3) is 1.00. The van der Waals surface area contributed by atoms with Gasteiger partial charge < -0.3 is 134 Å². The zero-order valence-electron chi connectivity index (χ0n) is 26.2. The van der Waals surface area contributed by atoms with Gasteiger partial charge in [-0.3, -0.25) is 0 Å². The van der Waals surface area contributed by atoms with Crippen LogP contribution >= 0.6 is 0 Å². The van der Waals surface area contributed by atoms with Crippen molar-refractivity contribution in [2.45, 2.75) is 83.1 Å². The van der Waals surface area contributed by atoms with Gasteiger partial charge in [-0.25, -0.2) is 0 Å². The first-order valence-corrected chi connectivity index (χ1v) is 13.4. The zero-order chi connectivity index (χ0) is 24.7. The van der Waals surface area contributed by atoms with Crippen LogP contribution in [0.1, 0.15) is 83.1 Å². The van der Waals surface area contributed by atoms with Crippen LogP contribution in [0.2, 0.25) is 0 Å². The number of nitrogens with two attached hydrogens (primary N) is 6. The molecular formula is C24H72Br6N6. The van der Waals surface area contributed by atoms with E-state index in [1.165, 1.54) is 78.5 Å². The van der Waals surface area contributed by atoms with Gasteiger partial charge >= 0.3 is 0 Å². The van der Waals surface area contributed by atoms with E-state index in [0.29, 0.717) is 0 Å². The number of rotatable bonds is 12. The summed E-state index contributed by atoms with van der Waals surface area (Å²) in [5.41, 5.74) is 0. The van der Waals surface area contributed by atoms with E-state index in [1.54, 1.807) is 0 Å². The van der Waals surface area contributed by atoms with E-state index in [0.717, 1.165) is 0 Å². The molecule has 36 heavy (non-hydrogen) atoms. The lowest BCUT2D eigenvalue weighted by molar-refractivity contribution is -0.648. The third-order valence-corrected chi connectivity index (χ3v) is 3.46. The molecule has 0 aliphatic rings. The van der Waals surface area contributed by atoms with Crippen molar-refractivity contribution in [1.29, 1.82) is 0 Å². The monoisotopic (exact) mass is 918 g/mol. The van der Waals surface area contributed by atoms with Crippen LogP contribution in [-0.2, 0) is 0 Å². The number of hydrogen-bond acceptors (Lipinski definition) is 0. The topological polar surface area (TPSA) is 99.7 Å². The highest BCUT2D eigenvalue weighted by atomic mass is 79.9. The van der Waals surface area contributed by atoms with Gasteiger partial charge in [0.2, 0.25) is 0 Å². The lowest BCUT2D eigenvalue weighted by Gasteiger charge is -1.83. The molecule has 0 amide bonds. The van der Waals surface area contributed by atoms with Crippen molar-refractivity contribution in [2.75, 3.05) is 78.5 Å². The average Bonchev–Trinajstić information content (AvgIpc) is 2.74.